The molecule has 1 aromatic heterocycles. The Bertz CT molecular complexity index is 762. The van der Waals surface area contributed by atoms with E-state index in [0.29, 0.717) is 0 Å². The highest BCUT2D eigenvalue weighted by atomic mass is 35.5. The summed E-state index contributed by atoms with van der Waals surface area (Å²) in [6, 6.07) is 13.1. The van der Waals surface area contributed by atoms with Crippen LogP contribution in [0.5, 0.6) is 5.75 Å². The summed E-state index contributed by atoms with van der Waals surface area (Å²) >= 11 is 6.11. The summed E-state index contributed by atoms with van der Waals surface area (Å²) in [6.07, 6.45) is 1.78. The van der Waals surface area contributed by atoms with Crippen molar-refractivity contribution in [2.75, 3.05) is 0 Å². The molecule has 0 unspecified atom stereocenters. The molecule has 2 aromatic carbocycles. The number of hydrogen-bond donors (Lipinski definition) is 1. The Morgan fingerprint density at radius 3 is 2.62 bits per heavy atom. The van der Waals surface area contributed by atoms with Crippen molar-refractivity contribution in [1.29, 1.82) is 0 Å². The Labute approximate surface area is 128 Å². The number of phenolic OH excluding ortho intramolecular Hbond substituents is 1. The van der Waals surface area contributed by atoms with Crippen LogP contribution in [-0.4, -0.2) is 14.7 Å². The predicted octanol–water partition coefficient (Wildman–Crippen LogP) is 4.40. The molecule has 1 heterocycles. The number of rotatable bonds is 4. The van der Waals surface area contributed by atoms with Crippen LogP contribution in [0.25, 0.3) is 11.0 Å². The summed E-state index contributed by atoms with van der Waals surface area (Å²) in [6.45, 7) is 3.07. The number of halogens is 1. The fourth-order valence-corrected chi connectivity index (χ4v) is 2.72. The molecule has 0 atom stereocenters. The van der Waals surface area contributed by atoms with Crippen molar-refractivity contribution in [3.8, 4) is 5.75 Å². The average Bonchev–Trinajstić information content (AvgIpc) is 2.79. The molecule has 0 spiro atoms. The van der Waals surface area contributed by atoms with Gasteiger partial charge >= 0.3 is 0 Å². The van der Waals surface area contributed by atoms with Crippen molar-refractivity contribution >= 4 is 22.6 Å². The molecule has 0 saturated heterocycles. The molecule has 3 aromatic rings. The van der Waals surface area contributed by atoms with Gasteiger partial charge in [0.1, 0.15) is 11.6 Å². The van der Waals surface area contributed by atoms with Gasteiger partial charge in [0, 0.05) is 18.0 Å². The number of aryl methyl sites for hydroxylation is 1. The first-order chi connectivity index (χ1) is 10.2. The van der Waals surface area contributed by atoms with E-state index in [1.807, 2.05) is 30.3 Å². The molecular weight excluding hydrogens is 284 g/mol. The van der Waals surface area contributed by atoms with Crippen molar-refractivity contribution in [2.45, 2.75) is 26.3 Å². The van der Waals surface area contributed by atoms with Crippen molar-refractivity contribution < 1.29 is 5.11 Å². The van der Waals surface area contributed by atoms with Gasteiger partial charge in [0.2, 0.25) is 0 Å². The molecule has 4 heteroatoms. The Balaban J connectivity index is 2.04. The minimum atomic E-state index is 0.285. The van der Waals surface area contributed by atoms with Crippen LogP contribution < -0.4 is 0 Å². The lowest BCUT2D eigenvalue weighted by atomic mass is 10.1. The normalized spacial score (nSPS) is 11.1. The molecule has 0 fully saturated rings. The minimum absolute atomic E-state index is 0.285. The summed E-state index contributed by atoms with van der Waals surface area (Å²) in [5.74, 6) is 1.31. The first-order valence-corrected chi connectivity index (χ1v) is 7.47. The molecule has 0 bridgehead atoms. The maximum Gasteiger partial charge on any atom is 0.115 e. The largest absolute Gasteiger partial charge is 0.508 e. The predicted molar refractivity (Wildman–Crippen MR) is 85.9 cm³/mol. The van der Waals surface area contributed by atoms with E-state index in [2.05, 4.69) is 11.5 Å². The van der Waals surface area contributed by atoms with Crippen molar-refractivity contribution in [3.63, 3.8) is 0 Å². The van der Waals surface area contributed by atoms with Crippen molar-refractivity contribution in [3.05, 3.63) is 58.9 Å². The summed E-state index contributed by atoms with van der Waals surface area (Å²) in [4.78, 5) is 4.73. The zero-order valence-electron chi connectivity index (χ0n) is 11.9. The van der Waals surface area contributed by atoms with Crippen molar-refractivity contribution in [1.82, 2.24) is 9.55 Å². The minimum Gasteiger partial charge on any atom is -0.508 e. The monoisotopic (exact) mass is 300 g/mol. The lowest BCUT2D eigenvalue weighted by Gasteiger charge is -2.08. The summed E-state index contributed by atoms with van der Waals surface area (Å²) in [5, 5.41) is 10.1. The highest BCUT2D eigenvalue weighted by Crippen LogP contribution is 2.23. The molecule has 21 heavy (non-hydrogen) atoms. The van der Waals surface area contributed by atoms with Crippen LogP contribution in [0.4, 0.5) is 0 Å². The van der Waals surface area contributed by atoms with Crippen LogP contribution in [0.1, 0.15) is 24.7 Å². The van der Waals surface area contributed by atoms with E-state index < -0.39 is 0 Å². The van der Waals surface area contributed by atoms with Gasteiger partial charge in [-0.3, -0.25) is 0 Å². The number of aromatic nitrogens is 2. The molecule has 0 saturated carbocycles. The van der Waals surface area contributed by atoms with Crippen LogP contribution in [0.15, 0.2) is 42.5 Å². The van der Waals surface area contributed by atoms with Crippen LogP contribution in [-0.2, 0) is 13.0 Å². The first kappa shape index (κ1) is 14.0. The van der Waals surface area contributed by atoms with Gasteiger partial charge in [0.15, 0.2) is 0 Å². The molecule has 0 radical (unpaired) electrons. The van der Waals surface area contributed by atoms with E-state index in [4.69, 9.17) is 16.6 Å². The Hall–Kier alpha value is -2.00. The third-order valence-corrected chi connectivity index (χ3v) is 3.77. The van der Waals surface area contributed by atoms with E-state index >= 15 is 0 Å². The van der Waals surface area contributed by atoms with Gasteiger partial charge in [-0.15, -0.1) is 0 Å². The first-order valence-electron chi connectivity index (χ1n) is 7.10. The van der Waals surface area contributed by atoms with Gasteiger partial charge in [-0.25, -0.2) is 4.98 Å². The number of fused-ring (bicyclic) bond motifs is 1. The average molecular weight is 301 g/mol. The number of aromatic hydroxyl groups is 1. The number of benzene rings is 2. The topological polar surface area (TPSA) is 38.0 Å². The standard InChI is InChI=1S/C17H17ClN2O/c1-2-9-20-16-11-13(18)5-8-15(16)19-17(20)10-12-3-6-14(21)7-4-12/h3-8,11,21H,2,9-10H2,1H3. The highest BCUT2D eigenvalue weighted by molar-refractivity contribution is 6.31. The third kappa shape index (κ3) is 2.88. The second kappa shape index (κ2) is 5.78. The molecule has 0 aliphatic rings. The van der Waals surface area contributed by atoms with E-state index in [1.165, 1.54) is 0 Å². The van der Waals surface area contributed by atoms with E-state index in [-0.39, 0.29) is 5.75 Å². The molecule has 0 amide bonds. The lowest BCUT2D eigenvalue weighted by molar-refractivity contribution is 0.475. The van der Waals surface area contributed by atoms with Crippen LogP contribution in [0.2, 0.25) is 5.02 Å². The van der Waals surface area contributed by atoms with Gasteiger partial charge in [0.25, 0.3) is 0 Å². The molecule has 1 N–H and O–H groups in total. The molecule has 0 aliphatic heterocycles. The number of nitrogens with zero attached hydrogens (tertiary/aromatic N) is 2. The Morgan fingerprint density at radius 2 is 1.90 bits per heavy atom. The number of imidazole rings is 1. The molecule has 0 aliphatic carbocycles. The third-order valence-electron chi connectivity index (χ3n) is 3.54. The molecular formula is C17H17ClN2O. The van der Waals surface area contributed by atoms with Crippen molar-refractivity contribution in [2.24, 2.45) is 0 Å². The molecule has 3 rings (SSSR count). The van der Waals surface area contributed by atoms with E-state index in [0.717, 1.165) is 46.8 Å². The fraction of sp³-hybridized carbons (Fsp3) is 0.235. The summed E-state index contributed by atoms with van der Waals surface area (Å²) in [7, 11) is 0. The second-order valence-corrected chi connectivity index (χ2v) is 5.59. The zero-order chi connectivity index (χ0) is 14.8. The van der Waals surface area contributed by atoms with Gasteiger partial charge in [-0.05, 0) is 42.3 Å². The van der Waals surface area contributed by atoms with Gasteiger partial charge in [-0.2, -0.15) is 0 Å². The van der Waals surface area contributed by atoms with E-state index in [1.54, 1.807) is 12.1 Å². The maximum atomic E-state index is 9.37. The lowest BCUT2D eigenvalue weighted by Crippen LogP contribution is -2.04. The molecule has 3 nitrogen and oxygen atoms in total. The zero-order valence-corrected chi connectivity index (χ0v) is 12.6. The van der Waals surface area contributed by atoms with Crippen LogP contribution in [0.3, 0.4) is 0 Å². The SMILES string of the molecule is CCCn1c(Cc2ccc(O)cc2)nc2ccc(Cl)cc21. The Kier molecular flexibility index (Phi) is 3.84. The summed E-state index contributed by atoms with van der Waals surface area (Å²) < 4.78 is 2.23. The number of hydrogen-bond acceptors (Lipinski definition) is 2. The second-order valence-electron chi connectivity index (χ2n) is 5.16. The fourth-order valence-electron chi connectivity index (χ4n) is 2.55. The quantitative estimate of drug-likeness (QED) is 0.775. The van der Waals surface area contributed by atoms with Crippen LogP contribution in [0, 0.1) is 0 Å². The maximum absolute atomic E-state index is 9.37. The highest BCUT2D eigenvalue weighted by Gasteiger charge is 2.11. The number of phenols is 1. The van der Waals surface area contributed by atoms with Gasteiger partial charge in [-0.1, -0.05) is 30.7 Å². The summed E-state index contributed by atoms with van der Waals surface area (Å²) in [5.41, 5.74) is 3.19. The molecule has 108 valence electrons. The van der Waals surface area contributed by atoms with Gasteiger partial charge in [0.05, 0.1) is 11.0 Å². The van der Waals surface area contributed by atoms with Crippen LogP contribution >= 0.6 is 11.6 Å². The Morgan fingerprint density at radius 1 is 1.14 bits per heavy atom. The smallest absolute Gasteiger partial charge is 0.115 e. The van der Waals surface area contributed by atoms with Gasteiger partial charge < -0.3 is 9.67 Å². The van der Waals surface area contributed by atoms with E-state index in [9.17, 15) is 5.11 Å².